The molecule has 1 heterocycles. The molecule has 0 spiro atoms. The van der Waals surface area contributed by atoms with E-state index in [1.165, 1.54) is 6.07 Å². The van der Waals surface area contributed by atoms with Crippen LogP contribution in [0.25, 0.3) is 10.6 Å². The summed E-state index contributed by atoms with van der Waals surface area (Å²) in [6.07, 6.45) is 1.86. The van der Waals surface area contributed by atoms with Crippen molar-refractivity contribution < 1.29 is 4.39 Å². The van der Waals surface area contributed by atoms with Crippen LogP contribution in [0.1, 0.15) is 17.7 Å². The summed E-state index contributed by atoms with van der Waals surface area (Å²) in [4.78, 5) is 4.53. The van der Waals surface area contributed by atoms with Gasteiger partial charge in [0, 0.05) is 10.9 Å². The number of halogens is 1. The Balaban J connectivity index is 2.21. The fourth-order valence-electron chi connectivity index (χ4n) is 1.62. The highest BCUT2D eigenvalue weighted by molar-refractivity contribution is 7.13. The van der Waals surface area contributed by atoms with Crippen LogP contribution in [-0.4, -0.2) is 11.5 Å². The SMILES string of the molecule is Cc1cc(-c2nc(CCCN)cs2)ccc1F. The molecule has 2 aromatic rings. The first kappa shape index (κ1) is 12.2. The Morgan fingerprint density at radius 2 is 2.24 bits per heavy atom. The zero-order valence-electron chi connectivity index (χ0n) is 9.74. The lowest BCUT2D eigenvalue weighted by molar-refractivity contribution is 0.619. The van der Waals surface area contributed by atoms with Crippen molar-refractivity contribution in [3.05, 3.63) is 40.7 Å². The molecule has 2 nitrogen and oxygen atoms in total. The molecule has 0 amide bonds. The van der Waals surface area contributed by atoms with Crippen LogP contribution in [-0.2, 0) is 6.42 Å². The van der Waals surface area contributed by atoms with Crippen LogP contribution < -0.4 is 5.73 Å². The predicted molar refractivity (Wildman–Crippen MR) is 69.6 cm³/mol. The molecule has 1 aromatic heterocycles. The normalized spacial score (nSPS) is 10.8. The van der Waals surface area contributed by atoms with E-state index in [1.54, 1.807) is 24.3 Å². The number of hydrogen-bond donors (Lipinski definition) is 1. The molecule has 4 heteroatoms. The number of nitrogens with zero attached hydrogens (tertiary/aromatic N) is 1. The van der Waals surface area contributed by atoms with Crippen molar-refractivity contribution in [1.82, 2.24) is 4.98 Å². The van der Waals surface area contributed by atoms with E-state index in [2.05, 4.69) is 4.98 Å². The number of aromatic nitrogens is 1. The van der Waals surface area contributed by atoms with Gasteiger partial charge in [-0.2, -0.15) is 0 Å². The smallest absolute Gasteiger partial charge is 0.126 e. The van der Waals surface area contributed by atoms with E-state index in [0.29, 0.717) is 12.1 Å². The van der Waals surface area contributed by atoms with Gasteiger partial charge < -0.3 is 5.73 Å². The average molecular weight is 250 g/mol. The summed E-state index contributed by atoms with van der Waals surface area (Å²) in [7, 11) is 0. The highest BCUT2D eigenvalue weighted by atomic mass is 32.1. The molecule has 0 saturated carbocycles. The second-order valence-electron chi connectivity index (χ2n) is 4.00. The summed E-state index contributed by atoms with van der Waals surface area (Å²) in [6.45, 7) is 2.45. The highest BCUT2D eigenvalue weighted by Gasteiger charge is 2.06. The Labute approximate surface area is 104 Å². The molecule has 0 aliphatic heterocycles. The first-order valence-corrected chi connectivity index (χ1v) is 6.49. The standard InChI is InChI=1S/C13H15FN2S/c1-9-7-10(4-5-12(9)14)13-16-11(8-17-13)3-2-6-15/h4-5,7-8H,2-3,6,15H2,1H3. The van der Waals surface area contributed by atoms with Crippen LogP contribution in [0.4, 0.5) is 4.39 Å². The maximum atomic E-state index is 13.2. The molecule has 0 saturated heterocycles. The van der Waals surface area contributed by atoms with E-state index < -0.39 is 0 Å². The lowest BCUT2D eigenvalue weighted by atomic mass is 10.1. The molecule has 0 bridgehead atoms. The number of thiazole rings is 1. The van der Waals surface area contributed by atoms with E-state index in [1.807, 2.05) is 11.4 Å². The van der Waals surface area contributed by atoms with Gasteiger partial charge in [0.25, 0.3) is 0 Å². The van der Waals surface area contributed by atoms with Crippen molar-refractivity contribution in [2.24, 2.45) is 5.73 Å². The Bertz CT molecular complexity index is 508. The third kappa shape index (κ3) is 2.90. The first-order chi connectivity index (χ1) is 8.20. The molecule has 1 aromatic carbocycles. The molecule has 0 atom stereocenters. The number of nitrogens with two attached hydrogens (primary N) is 1. The predicted octanol–water partition coefficient (Wildman–Crippen LogP) is 3.15. The van der Waals surface area contributed by atoms with Gasteiger partial charge in [-0.25, -0.2) is 9.37 Å². The number of hydrogen-bond acceptors (Lipinski definition) is 3. The average Bonchev–Trinajstić information content (AvgIpc) is 2.79. The van der Waals surface area contributed by atoms with Crippen LogP contribution in [0.3, 0.4) is 0 Å². The van der Waals surface area contributed by atoms with E-state index in [9.17, 15) is 4.39 Å². The van der Waals surface area contributed by atoms with Gasteiger partial charge in [-0.05, 0) is 50.1 Å². The lowest BCUT2D eigenvalue weighted by Crippen LogP contribution is -2.00. The Morgan fingerprint density at radius 3 is 2.94 bits per heavy atom. The Morgan fingerprint density at radius 1 is 1.41 bits per heavy atom. The molecule has 2 N–H and O–H groups in total. The summed E-state index contributed by atoms with van der Waals surface area (Å²) >= 11 is 1.59. The van der Waals surface area contributed by atoms with Gasteiger partial charge in [-0.15, -0.1) is 11.3 Å². The molecule has 2 rings (SSSR count). The second-order valence-corrected chi connectivity index (χ2v) is 4.86. The first-order valence-electron chi connectivity index (χ1n) is 5.61. The van der Waals surface area contributed by atoms with Gasteiger partial charge in [0.15, 0.2) is 0 Å². The highest BCUT2D eigenvalue weighted by Crippen LogP contribution is 2.25. The van der Waals surface area contributed by atoms with Crippen molar-refractivity contribution in [1.29, 1.82) is 0 Å². The summed E-state index contributed by atoms with van der Waals surface area (Å²) < 4.78 is 13.2. The summed E-state index contributed by atoms with van der Waals surface area (Å²) in [5.74, 6) is -0.173. The monoisotopic (exact) mass is 250 g/mol. The van der Waals surface area contributed by atoms with E-state index in [4.69, 9.17) is 5.73 Å². The van der Waals surface area contributed by atoms with Crippen LogP contribution in [0, 0.1) is 12.7 Å². The van der Waals surface area contributed by atoms with Crippen LogP contribution in [0.15, 0.2) is 23.6 Å². The molecule has 0 fully saturated rings. The van der Waals surface area contributed by atoms with Gasteiger partial charge in [-0.3, -0.25) is 0 Å². The fourth-order valence-corrected chi connectivity index (χ4v) is 2.47. The van der Waals surface area contributed by atoms with Crippen LogP contribution >= 0.6 is 11.3 Å². The minimum atomic E-state index is -0.173. The summed E-state index contributed by atoms with van der Waals surface area (Å²) in [5, 5.41) is 2.99. The van der Waals surface area contributed by atoms with Crippen LogP contribution in [0.5, 0.6) is 0 Å². The maximum absolute atomic E-state index is 13.2. The van der Waals surface area contributed by atoms with Crippen molar-refractivity contribution >= 4 is 11.3 Å². The molecular formula is C13H15FN2S. The number of rotatable bonds is 4. The molecule has 17 heavy (non-hydrogen) atoms. The van der Waals surface area contributed by atoms with Gasteiger partial charge in [-0.1, -0.05) is 0 Å². The van der Waals surface area contributed by atoms with Crippen molar-refractivity contribution in [3.8, 4) is 10.6 Å². The topological polar surface area (TPSA) is 38.9 Å². The van der Waals surface area contributed by atoms with E-state index in [0.717, 1.165) is 29.1 Å². The van der Waals surface area contributed by atoms with Crippen molar-refractivity contribution in [3.63, 3.8) is 0 Å². The van der Waals surface area contributed by atoms with E-state index >= 15 is 0 Å². The molecule has 0 aliphatic carbocycles. The Kier molecular flexibility index (Phi) is 3.86. The quantitative estimate of drug-likeness (QED) is 0.905. The van der Waals surface area contributed by atoms with Gasteiger partial charge in [0.05, 0.1) is 5.69 Å². The molecule has 0 unspecified atom stereocenters. The maximum Gasteiger partial charge on any atom is 0.126 e. The molecule has 0 radical (unpaired) electrons. The molecular weight excluding hydrogens is 235 g/mol. The van der Waals surface area contributed by atoms with E-state index in [-0.39, 0.29) is 5.82 Å². The van der Waals surface area contributed by atoms with Gasteiger partial charge >= 0.3 is 0 Å². The van der Waals surface area contributed by atoms with Crippen LogP contribution in [0.2, 0.25) is 0 Å². The largest absolute Gasteiger partial charge is 0.330 e. The lowest BCUT2D eigenvalue weighted by Gasteiger charge is -1.99. The zero-order valence-corrected chi connectivity index (χ0v) is 10.6. The van der Waals surface area contributed by atoms with Crippen molar-refractivity contribution in [2.75, 3.05) is 6.54 Å². The summed E-state index contributed by atoms with van der Waals surface area (Å²) in [6, 6.07) is 5.10. The number of benzene rings is 1. The Hall–Kier alpha value is -1.26. The third-order valence-electron chi connectivity index (χ3n) is 2.59. The summed E-state index contributed by atoms with van der Waals surface area (Å²) in [5.41, 5.74) is 8.17. The van der Waals surface area contributed by atoms with Crippen molar-refractivity contribution in [2.45, 2.75) is 19.8 Å². The zero-order chi connectivity index (χ0) is 12.3. The third-order valence-corrected chi connectivity index (χ3v) is 3.53. The van der Waals surface area contributed by atoms with Gasteiger partial charge in [0.1, 0.15) is 10.8 Å². The second kappa shape index (κ2) is 5.38. The molecule has 90 valence electrons. The number of aryl methyl sites for hydroxylation is 2. The fraction of sp³-hybridized carbons (Fsp3) is 0.308. The van der Waals surface area contributed by atoms with Gasteiger partial charge in [0.2, 0.25) is 0 Å². The molecule has 0 aliphatic rings. The minimum Gasteiger partial charge on any atom is -0.330 e. The minimum absolute atomic E-state index is 0.173.